The van der Waals surface area contributed by atoms with E-state index in [9.17, 15) is 14.4 Å². The Bertz CT molecular complexity index is 1110. The van der Waals surface area contributed by atoms with E-state index in [2.05, 4.69) is 5.32 Å². The topological polar surface area (TPSA) is 109 Å². The molecule has 192 valence electrons. The lowest BCUT2D eigenvalue weighted by Crippen LogP contribution is -2.44. The standard InChI is InChI=1S/C27H31NO8/c1-17(29)34-19-12-10-18(11-13-19)21-8-6-7-9-22(21)24-16-33-15-20(35-24)14-23(25(30)32-5)28-26(31)36-27(2,3)4/h6-7,9-13,15-16,21,23H,8,14H2,1-5H3,(H,28,31)/t21-,23+/m1/s1. The number of hydrogen-bond acceptors (Lipinski definition) is 8. The van der Waals surface area contributed by atoms with Gasteiger partial charge in [-0.2, -0.15) is 0 Å². The van der Waals surface area contributed by atoms with Crippen molar-refractivity contribution in [3.05, 3.63) is 77.7 Å². The van der Waals surface area contributed by atoms with Gasteiger partial charge in [0.1, 0.15) is 35.7 Å². The number of nitrogens with one attached hydrogen (secondary N) is 1. The predicted molar refractivity (Wildman–Crippen MR) is 130 cm³/mol. The van der Waals surface area contributed by atoms with Gasteiger partial charge in [0, 0.05) is 24.8 Å². The summed E-state index contributed by atoms with van der Waals surface area (Å²) in [6.45, 7) is 6.53. The number of carbonyl (C=O) groups is 3. The summed E-state index contributed by atoms with van der Waals surface area (Å²) in [6, 6.07) is 6.25. The number of esters is 2. The molecule has 0 saturated carbocycles. The van der Waals surface area contributed by atoms with Gasteiger partial charge < -0.3 is 29.0 Å². The van der Waals surface area contributed by atoms with Crippen LogP contribution in [0, 0.1) is 0 Å². The Morgan fingerprint density at radius 3 is 2.50 bits per heavy atom. The van der Waals surface area contributed by atoms with Crippen molar-refractivity contribution in [1.29, 1.82) is 0 Å². The highest BCUT2D eigenvalue weighted by Crippen LogP contribution is 2.38. The van der Waals surface area contributed by atoms with E-state index >= 15 is 0 Å². The van der Waals surface area contributed by atoms with Gasteiger partial charge in [0.25, 0.3) is 0 Å². The van der Waals surface area contributed by atoms with Crippen molar-refractivity contribution in [2.45, 2.75) is 58.1 Å². The molecule has 0 aromatic heterocycles. The molecule has 9 heteroatoms. The fourth-order valence-corrected chi connectivity index (χ4v) is 3.70. The lowest BCUT2D eigenvalue weighted by Gasteiger charge is -2.27. The molecule has 0 radical (unpaired) electrons. The third-order valence-electron chi connectivity index (χ3n) is 5.19. The number of rotatable bonds is 7. The van der Waals surface area contributed by atoms with Gasteiger partial charge in [-0.3, -0.25) is 4.79 Å². The minimum atomic E-state index is -1.04. The van der Waals surface area contributed by atoms with Crippen molar-refractivity contribution in [2.24, 2.45) is 0 Å². The fourth-order valence-electron chi connectivity index (χ4n) is 3.70. The Morgan fingerprint density at radius 2 is 1.86 bits per heavy atom. The molecule has 1 N–H and O–H groups in total. The van der Waals surface area contributed by atoms with E-state index in [0.29, 0.717) is 17.3 Å². The summed E-state index contributed by atoms with van der Waals surface area (Å²) in [5.74, 6) is 0.216. The van der Waals surface area contributed by atoms with E-state index in [4.69, 9.17) is 23.7 Å². The smallest absolute Gasteiger partial charge is 0.408 e. The van der Waals surface area contributed by atoms with Crippen LogP contribution in [0.15, 0.2) is 72.1 Å². The molecular formula is C27H31NO8. The molecule has 1 aliphatic carbocycles. The number of hydrogen-bond donors (Lipinski definition) is 1. The lowest BCUT2D eigenvalue weighted by molar-refractivity contribution is -0.143. The summed E-state index contributed by atoms with van der Waals surface area (Å²) in [5, 5.41) is 2.53. The number of amides is 1. The number of ether oxygens (including phenoxy) is 5. The van der Waals surface area contributed by atoms with Gasteiger partial charge in [-0.25, -0.2) is 9.59 Å². The number of methoxy groups -OCH3 is 1. The maximum atomic E-state index is 12.3. The molecule has 1 aliphatic heterocycles. The van der Waals surface area contributed by atoms with Crippen LogP contribution in [0.5, 0.6) is 5.75 Å². The molecular weight excluding hydrogens is 466 g/mol. The molecule has 36 heavy (non-hydrogen) atoms. The van der Waals surface area contributed by atoms with Gasteiger partial charge in [0.2, 0.25) is 0 Å². The van der Waals surface area contributed by atoms with Gasteiger partial charge in [-0.15, -0.1) is 0 Å². The average Bonchev–Trinajstić information content (AvgIpc) is 2.82. The van der Waals surface area contributed by atoms with Crippen molar-refractivity contribution in [3.63, 3.8) is 0 Å². The van der Waals surface area contributed by atoms with Gasteiger partial charge in [-0.1, -0.05) is 30.4 Å². The summed E-state index contributed by atoms with van der Waals surface area (Å²) in [7, 11) is 1.24. The van der Waals surface area contributed by atoms with E-state index in [1.165, 1.54) is 26.6 Å². The predicted octanol–water partition coefficient (Wildman–Crippen LogP) is 4.77. The summed E-state index contributed by atoms with van der Waals surface area (Å²) >= 11 is 0. The van der Waals surface area contributed by atoms with E-state index < -0.39 is 23.7 Å². The van der Waals surface area contributed by atoms with Gasteiger partial charge in [0.05, 0.1) is 7.11 Å². The molecule has 3 rings (SSSR count). The van der Waals surface area contributed by atoms with Crippen molar-refractivity contribution in [2.75, 3.05) is 7.11 Å². The number of carbonyl (C=O) groups excluding carboxylic acids is 3. The summed E-state index contributed by atoms with van der Waals surface area (Å²) in [4.78, 5) is 35.8. The molecule has 1 aromatic rings. The van der Waals surface area contributed by atoms with Crippen molar-refractivity contribution >= 4 is 18.0 Å². The van der Waals surface area contributed by atoms with Gasteiger partial charge in [0.15, 0.2) is 5.76 Å². The first-order chi connectivity index (χ1) is 17.1. The first kappa shape index (κ1) is 26.6. The van der Waals surface area contributed by atoms with Crippen LogP contribution < -0.4 is 10.1 Å². The summed E-state index contributed by atoms with van der Waals surface area (Å²) < 4.78 is 26.8. The number of allylic oxidation sites excluding steroid dienone is 4. The van der Waals surface area contributed by atoms with Gasteiger partial charge in [-0.05, 0) is 44.9 Å². The molecule has 0 spiro atoms. The Hall–Kier alpha value is -4.01. The molecule has 1 amide bonds. The second-order valence-electron chi connectivity index (χ2n) is 9.23. The minimum absolute atomic E-state index is 0.00583. The highest BCUT2D eigenvalue weighted by Gasteiger charge is 2.30. The van der Waals surface area contributed by atoms with E-state index in [1.807, 2.05) is 30.4 Å². The van der Waals surface area contributed by atoms with E-state index in [0.717, 1.165) is 17.6 Å². The van der Waals surface area contributed by atoms with Crippen LogP contribution in [0.3, 0.4) is 0 Å². The second kappa shape index (κ2) is 11.6. The molecule has 0 bridgehead atoms. The molecule has 0 fully saturated rings. The highest BCUT2D eigenvalue weighted by atomic mass is 16.6. The monoisotopic (exact) mass is 497 g/mol. The second-order valence-corrected chi connectivity index (χ2v) is 9.23. The van der Waals surface area contributed by atoms with Gasteiger partial charge >= 0.3 is 18.0 Å². The zero-order chi connectivity index (χ0) is 26.3. The first-order valence-corrected chi connectivity index (χ1v) is 11.5. The van der Waals surface area contributed by atoms with Crippen molar-refractivity contribution in [1.82, 2.24) is 5.32 Å². The van der Waals surface area contributed by atoms with Crippen LogP contribution in [0.2, 0.25) is 0 Å². The zero-order valence-electron chi connectivity index (χ0n) is 21.0. The Morgan fingerprint density at radius 1 is 1.14 bits per heavy atom. The molecule has 2 atom stereocenters. The largest absolute Gasteiger partial charge is 0.467 e. The number of benzene rings is 1. The average molecular weight is 498 g/mol. The maximum absolute atomic E-state index is 12.3. The van der Waals surface area contributed by atoms with Crippen LogP contribution in [-0.2, 0) is 28.5 Å². The first-order valence-electron chi connectivity index (χ1n) is 11.5. The summed E-state index contributed by atoms with van der Waals surface area (Å²) in [5.41, 5.74) is 1.15. The van der Waals surface area contributed by atoms with Crippen LogP contribution in [0.4, 0.5) is 4.79 Å². The Labute approximate surface area is 210 Å². The molecule has 1 aromatic carbocycles. The quantitative estimate of drug-likeness (QED) is 0.424. The van der Waals surface area contributed by atoms with Crippen LogP contribution in [0.1, 0.15) is 52.0 Å². The molecule has 1 heterocycles. The van der Waals surface area contributed by atoms with Crippen molar-refractivity contribution in [3.8, 4) is 5.75 Å². The van der Waals surface area contributed by atoms with E-state index in [-0.39, 0.29) is 18.3 Å². The molecule has 0 unspecified atom stereocenters. The number of alkyl carbamates (subject to hydrolysis) is 1. The fraction of sp³-hybridized carbons (Fsp3) is 0.370. The van der Waals surface area contributed by atoms with Crippen LogP contribution in [-0.4, -0.2) is 36.8 Å². The highest BCUT2D eigenvalue weighted by molar-refractivity contribution is 5.81. The minimum Gasteiger partial charge on any atom is -0.467 e. The van der Waals surface area contributed by atoms with E-state index in [1.54, 1.807) is 32.9 Å². The molecule has 0 saturated heterocycles. The Balaban J connectivity index is 1.72. The van der Waals surface area contributed by atoms with Crippen LogP contribution in [0.25, 0.3) is 0 Å². The summed E-state index contributed by atoms with van der Waals surface area (Å²) in [6.07, 6.45) is 8.75. The third kappa shape index (κ3) is 7.49. The normalized spacial score (nSPS) is 17.8. The van der Waals surface area contributed by atoms with Crippen molar-refractivity contribution < 1.29 is 38.1 Å². The lowest BCUT2D eigenvalue weighted by atomic mass is 9.84. The molecule has 9 nitrogen and oxygen atoms in total. The SMILES string of the molecule is COC(=O)[C@H](CC1=COC=C(C2=CC=CC[C@@H]2c2ccc(OC(C)=O)cc2)O1)NC(=O)OC(C)(C)C. The molecule has 2 aliphatic rings. The van der Waals surface area contributed by atoms with Crippen LogP contribution >= 0.6 is 0 Å². The maximum Gasteiger partial charge on any atom is 0.408 e. The third-order valence-corrected chi connectivity index (χ3v) is 5.19. The Kier molecular flexibility index (Phi) is 8.58. The zero-order valence-corrected chi connectivity index (χ0v) is 21.0.